The quantitative estimate of drug-likeness (QED) is 0.131. The van der Waals surface area contributed by atoms with E-state index in [2.05, 4.69) is 55.1 Å². The molecule has 2 N–H and O–H groups in total. The second-order valence-corrected chi connectivity index (χ2v) is 15.5. The van der Waals surface area contributed by atoms with Gasteiger partial charge in [0, 0.05) is 41.9 Å². The molecule has 7 nitrogen and oxygen atoms in total. The van der Waals surface area contributed by atoms with Crippen LogP contribution in [0.15, 0.2) is 60.7 Å². The highest BCUT2D eigenvalue weighted by molar-refractivity contribution is 6.39. The largest absolute Gasteiger partial charge is 0.466 e. The van der Waals surface area contributed by atoms with E-state index in [1.807, 2.05) is 24.3 Å². The lowest BCUT2D eigenvalue weighted by molar-refractivity contribution is -0.146. The number of aliphatic hydroxyl groups excluding tert-OH is 2. The van der Waals surface area contributed by atoms with Gasteiger partial charge >= 0.3 is 11.9 Å². The third-order valence-electron chi connectivity index (χ3n) is 11.1. The maximum Gasteiger partial charge on any atom is 0.308 e. The summed E-state index contributed by atoms with van der Waals surface area (Å²) in [7, 11) is 0. The summed E-state index contributed by atoms with van der Waals surface area (Å²) in [5.41, 5.74) is 13.2. The van der Waals surface area contributed by atoms with Crippen molar-refractivity contribution in [3.8, 4) is 33.4 Å². The molecule has 4 aromatic carbocycles. The Balaban J connectivity index is 1.25. The van der Waals surface area contributed by atoms with Crippen molar-refractivity contribution in [2.75, 3.05) is 26.3 Å². The minimum absolute atomic E-state index is 0.0142. The summed E-state index contributed by atoms with van der Waals surface area (Å²) >= 11 is 14.6. The van der Waals surface area contributed by atoms with Crippen molar-refractivity contribution in [3.63, 3.8) is 0 Å². The number of fused-ring (bicyclic) bond motifs is 2. The van der Waals surface area contributed by atoms with Crippen molar-refractivity contribution >= 4 is 35.1 Å². The van der Waals surface area contributed by atoms with Gasteiger partial charge in [0.05, 0.1) is 48.3 Å². The summed E-state index contributed by atoms with van der Waals surface area (Å²) in [4.78, 5) is 26.1. The highest BCUT2D eigenvalue weighted by Gasteiger charge is 2.27. The van der Waals surface area contributed by atoms with E-state index >= 15 is 0 Å². The van der Waals surface area contributed by atoms with Gasteiger partial charge in [-0.15, -0.1) is 0 Å². The molecule has 0 bridgehead atoms. The third kappa shape index (κ3) is 8.87. The molecule has 2 aliphatic rings. The molecule has 0 aromatic heterocycles. The van der Waals surface area contributed by atoms with Crippen LogP contribution in [0.25, 0.3) is 33.4 Å². The van der Waals surface area contributed by atoms with Gasteiger partial charge in [0.2, 0.25) is 0 Å². The summed E-state index contributed by atoms with van der Waals surface area (Å²) in [5.74, 6) is -0.460. The molecule has 0 spiro atoms. The second-order valence-electron chi connectivity index (χ2n) is 14.7. The summed E-state index contributed by atoms with van der Waals surface area (Å²) in [6, 6.07) is 20.9. The summed E-state index contributed by atoms with van der Waals surface area (Å²) in [6.45, 7) is 10.3. The van der Waals surface area contributed by atoms with Crippen molar-refractivity contribution in [1.82, 2.24) is 4.90 Å². The van der Waals surface area contributed by atoms with Crippen molar-refractivity contribution < 1.29 is 29.3 Å². The van der Waals surface area contributed by atoms with Crippen LogP contribution in [0.1, 0.15) is 72.9 Å². The third-order valence-corrected chi connectivity index (χ3v) is 12.0. The average Bonchev–Trinajstić information content (AvgIpc) is 3.13. The maximum absolute atomic E-state index is 11.9. The minimum atomic E-state index is -0.786. The van der Waals surface area contributed by atoms with Crippen LogP contribution in [-0.4, -0.2) is 65.6 Å². The first-order valence-corrected chi connectivity index (χ1v) is 19.9. The Morgan fingerprint density at radius 3 is 1.78 bits per heavy atom. The van der Waals surface area contributed by atoms with Gasteiger partial charge in [-0.25, -0.2) is 0 Å². The maximum atomic E-state index is 11.9. The lowest BCUT2D eigenvalue weighted by Crippen LogP contribution is -2.38. The molecular formula is C45H51Cl2NO6. The van der Waals surface area contributed by atoms with Crippen LogP contribution in [0.3, 0.4) is 0 Å². The van der Waals surface area contributed by atoms with E-state index in [0.29, 0.717) is 42.8 Å². The predicted octanol–water partition coefficient (Wildman–Crippen LogP) is 9.09. The Labute approximate surface area is 329 Å². The lowest BCUT2D eigenvalue weighted by atomic mass is 9.77. The Morgan fingerprint density at radius 1 is 0.722 bits per heavy atom. The number of carbonyl (C=O) groups is 2. The van der Waals surface area contributed by atoms with Gasteiger partial charge in [0.25, 0.3) is 0 Å². The molecule has 1 aliphatic heterocycles. The van der Waals surface area contributed by atoms with E-state index in [1.54, 1.807) is 13.8 Å². The first-order chi connectivity index (χ1) is 26.0. The monoisotopic (exact) mass is 771 g/mol. The van der Waals surface area contributed by atoms with Gasteiger partial charge in [-0.3, -0.25) is 14.5 Å². The zero-order chi connectivity index (χ0) is 38.5. The van der Waals surface area contributed by atoms with Crippen molar-refractivity contribution in [2.24, 2.45) is 5.92 Å². The molecule has 54 heavy (non-hydrogen) atoms. The Hall–Kier alpha value is -3.72. The first kappa shape index (κ1) is 40.0. The number of nitrogens with zero attached hydrogens (tertiary/aromatic N) is 1. The molecule has 0 saturated heterocycles. The fourth-order valence-corrected chi connectivity index (χ4v) is 9.08. The number of hydrogen-bond donors (Lipinski definition) is 2. The lowest BCUT2D eigenvalue weighted by Gasteiger charge is -2.32. The van der Waals surface area contributed by atoms with E-state index < -0.39 is 12.2 Å². The summed E-state index contributed by atoms with van der Waals surface area (Å²) in [5, 5.41) is 22.5. The van der Waals surface area contributed by atoms with Gasteiger partial charge in [0.1, 0.15) is 0 Å². The van der Waals surface area contributed by atoms with Crippen molar-refractivity contribution in [1.29, 1.82) is 0 Å². The molecule has 0 amide bonds. The van der Waals surface area contributed by atoms with Gasteiger partial charge in [-0.05, 0) is 110 Å². The predicted molar refractivity (Wildman–Crippen MR) is 216 cm³/mol. The Morgan fingerprint density at radius 2 is 1.22 bits per heavy atom. The van der Waals surface area contributed by atoms with Crippen LogP contribution in [-0.2, 0) is 44.9 Å². The fraction of sp³-hybridized carbons (Fsp3) is 0.422. The van der Waals surface area contributed by atoms with Gasteiger partial charge in [0.15, 0.2) is 0 Å². The molecule has 1 heterocycles. The van der Waals surface area contributed by atoms with Crippen LogP contribution in [0.4, 0.5) is 0 Å². The van der Waals surface area contributed by atoms with Gasteiger partial charge in [-0.1, -0.05) is 83.9 Å². The van der Waals surface area contributed by atoms with Crippen LogP contribution in [0, 0.1) is 19.8 Å². The van der Waals surface area contributed by atoms with Crippen LogP contribution >= 0.6 is 23.2 Å². The SMILES string of the molecule is CCOC(=O)CC(O)CC1CCc2ccc(-c3cccc(-c4cccc(-c5ccc6c(c5C)CN(CC(O)CC(=O)OCC)CC6)c4Cl)c3Cl)c(C)c2C1. The van der Waals surface area contributed by atoms with Crippen LogP contribution in [0.2, 0.25) is 10.0 Å². The number of rotatable bonds is 13. The molecule has 0 fully saturated rings. The fourth-order valence-electron chi connectivity index (χ4n) is 8.42. The summed E-state index contributed by atoms with van der Waals surface area (Å²) in [6.07, 6.45) is 2.68. The second kappa shape index (κ2) is 17.8. The average molecular weight is 773 g/mol. The number of halogens is 2. The Kier molecular flexibility index (Phi) is 13.2. The first-order valence-electron chi connectivity index (χ1n) is 19.2. The van der Waals surface area contributed by atoms with E-state index in [9.17, 15) is 19.8 Å². The van der Waals surface area contributed by atoms with Gasteiger partial charge in [-0.2, -0.15) is 0 Å². The minimum Gasteiger partial charge on any atom is -0.466 e. The highest BCUT2D eigenvalue weighted by atomic mass is 35.5. The molecule has 6 rings (SSSR count). The van der Waals surface area contributed by atoms with E-state index in [-0.39, 0.29) is 30.7 Å². The molecule has 0 radical (unpaired) electrons. The van der Waals surface area contributed by atoms with Gasteiger partial charge < -0.3 is 19.7 Å². The highest BCUT2D eigenvalue weighted by Crippen LogP contribution is 2.45. The molecule has 3 atom stereocenters. The molecule has 3 unspecified atom stereocenters. The topological polar surface area (TPSA) is 96.3 Å². The molecule has 1 aliphatic carbocycles. The molecule has 4 aromatic rings. The van der Waals surface area contributed by atoms with Crippen LogP contribution in [0.5, 0.6) is 0 Å². The molecule has 9 heteroatoms. The number of hydrogen-bond acceptors (Lipinski definition) is 7. The number of carbonyl (C=O) groups excluding carboxylic acids is 2. The summed E-state index contributed by atoms with van der Waals surface area (Å²) < 4.78 is 10.1. The molecule has 286 valence electrons. The van der Waals surface area contributed by atoms with E-state index in [1.165, 1.54) is 27.8 Å². The number of ether oxygens (including phenoxy) is 2. The zero-order valence-corrected chi connectivity index (χ0v) is 33.2. The van der Waals surface area contributed by atoms with E-state index in [4.69, 9.17) is 32.7 Å². The number of esters is 2. The normalized spacial score (nSPS) is 16.6. The number of aryl methyl sites for hydroxylation is 1. The van der Waals surface area contributed by atoms with Crippen molar-refractivity contribution in [3.05, 3.63) is 104 Å². The van der Waals surface area contributed by atoms with Crippen LogP contribution < -0.4 is 0 Å². The number of β-amino-alcohol motifs (C(OH)–C–C–N with tert-alkyl or cyclic N) is 1. The standard InChI is InChI=1S/C45H51Cl2NO6/c1-5-53-42(51)23-32(49)21-29-13-14-30-15-17-34(27(3)40(30)22-29)36-9-7-11-38(44(36)46)39-12-8-10-37(45(39)47)35-18-16-31-19-20-48(26-41(31)28(35)4)25-33(50)24-43(52)54-6-2/h7-12,15-18,29,32-33,49-50H,5-6,13-14,19-26H2,1-4H3. The molecule has 0 saturated carbocycles. The zero-order valence-electron chi connectivity index (χ0n) is 31.7. The smallest absolute Gasteiger partial charge is 0.308 e. The van der Waals surface area contributed by atoms with E-state index in [0.717, 1.165) is 71.2 Å². The number of benzene rings is 4. The Bertz CT molecular complexity index is 1870. The molecular weight excluding hydrogens is 721 g/mol. The number of aliphatic hydroxyl groups is 2. The van der Waals surface area contributed by atoms with Crippen molar-refractivity contribution in [2.45, 2.75) is 91.4 Å².